The number of nitrogens with one attached hydrogen (secondary N) is 2. The molecular formula is C22H18Cl2F5N3O4S. The molecule has 0 saturated carbocycles. The second-order valence-corrected chi connectivity index (χ2v) is 9.99. The smallest absolute Gasteiger partial charge is 0.399 e. The molecule has 0 spiro atoms. The first-order valence-corrected chi connectivity index (χ1v) is 12.4. The Kier molecular flexibility index (Phi) is 7.86. The van der Waals surface area contributed by atoms with Crippen LogP contribution in [-0.4, -0.2) is 43.7 Å². The molecule has 2 aromatic rings. The average molecular weight is 586 g/mol. The van der Waals surface area contributed by atoms with Crippen molar-refractivity contribution < 1.29 is 41.1 Å². The predicted molar refractivity (Wildman–Crippen MR) is 126 cm³/mol. The summed E-state index contributed by atoms with van der Waals surface area (Å²) in [6.45, 7) is -1.40. The van der Waals surface area contributed by atoms with Crippen molar-refractivity contribution in [1.29, 1.82) is 0 Å². The van der Waals surface area contributed by atoms with Crippen molar-refractivity contribution >= 4 is 52.3 Å². The van der Waals surface area contributed by atoms with Crippen LogP contribution in [-0.2, 0) is 28.1 Å². The largest absolute Gasteiger partial charge is 0.435 e. The van der Waals surface area contributed by atoms with Crippen LogP contribution in [0.4, 0.5) is 26.7 Å². The number of rotatable bonds is 7. The third-order valence-corrected chi connectivity index (χ3v) is 7.58. The summed E-state index contributed by atoms with van der Waals surface area (Å²) in [5.41, 5.74) is -2.16. The highest BCUT2D eigenvalue weighted by Gasteiger charge is 2.63. The maximum Gasteiger partial charge on any atom is 0.435 e. The van der Waals surface area contributed by atoms with Gasteiger partial charge in [0, 0.05) is 17.7 Å². The first-order valence-electron chi connectivity index (χ1n) is 10.9. The second kappa shape index (κ2) is 10.6. The maximum absolute atomic E-state index is 14.3. The number of alkyl halides is 4. The quantitative estimate of drug-likeness (QED) is 0.334. The minimum atomic E-state index is -4.97. The number of amides is 2. The van der Waals surface area contributed by atoms with Crippen molar-refractivity contribution in [3.8, 4) is 5.06 Å². The molecule has 1 aliphatic carbocycles. The lowest BCUT2D eigenvalue weighted by atomic mass is 9.87. The fourth-order valence-corrected chi connectivity index (χ4v) is 5.80. The minimum Gasteiger partial charge on any atom is -0.399 e. The van der Waals surface area contributed by atoms with Gasteiger partial charge in [-0.15, -0.1) is 0 Å². The summed E-state index contributed by atoms with van der Waals surface area (Å²) in [7, 11) is 0. The number of ether oxygens (including phenoxy) is 1. The molecule has 15 heteroatoms. The molecule has 0 unspecified atom stereocenters. The third kappa shape index (κ3) is 5.34. The van der Waals surface area contributed by atoms with Crippen molar-refractivity contribution in [2.75, 3.05) is 19.8 Å². The Bertz CT molecular complexity index is 1250. The molecule has 0 radical (unpaired) electrons. The van der Waals surface area contributed by atoms with Gasteiger partial charge in [-0.05, 0) is 37.0 Å². The Morgan fingerprint density at radius 1 is 1.16 bits per heavy atom. The van der Waals surface area contributed by atoms with Gasteiger partial charge in [0.15, 0.2) is 10.9 Å². The number of oxime groups is 1. The summed E-state index contributed by atoms with van der Waals surface area (Å²) in [6, 6.07) is 1.60. The molecule has 2 amide bonds. The summed E-state index contributed by atoms with van der Waals surface area (Å²) in [4.78, 5) is 29.1. The molecule has 4 rings (SSSR count). The van der Waals surface area contributed by atoms with Gasteiger partial charge in [-0.1, -0.05) is 39.7 Å². The van der Waals surface area contributed by atoms with Gasteiger partial charge in [-0.2, -0.15) is 13.2 Å². The molecule has 1 atom stereocenters. The van der Waals surface area contributed by atoms with E-state index in [-0.39, 0.29) is 17.3 Å². The molecule has 2 heterocycles. The van der Waals surface area contributed by atoms with E-state index in [2.05, 4.69) is 15.8 Å². The molecule has 2 aliphatic rings. The van der Waals surface area contributed by atoms with Crippen LogP contribution in [0, 0.1) is 5.82 Å². The van der Waals surface area contributed by atoms with Crippen molar-refractivity contribution in [3.63, 3.8) is 0 Å². The number of nitrogens with zero attached hydrogens (tertiary/aromatic N) is 1. The lowest BCUT2D eigenvalue weighted by Gasteiger charge is -2.29. The van der Waals surface area contributed by atoms with E-state index in [4.69, 9.17) is 32.8 Å². The summed E-state index contributed by atoms with van der Waals surface area (Å²) < 4.78 is 74.3. The zero-order chi connectivity index (χ0) is 27.0. The lowest BCUT2D eigenvalue weighted by Crippen LogP contribution is -2.42. The van der Waals surface area contributed by atoms with E-state index < -0.39 is 64.8 Å². The number of hydrogen-bond donors (Lipinski definition) is 2. The Balaban J connectivity index is 1.57. The van der Waals surface area contributed by atoms with Gasteiger partial charge in [0.1, 0.15) is 18.9 Å². The van der Waals surface area contributed by atoms with Crippen LogP contribution in [0.3, 0.4) is 0 Å². The summed E-state index contributed by atoms with van der Waals surface area (Å²) in [5.74, 6) is -1.67. The molecule has 200 valence electrons. The van der Waals surface area contributed by atoms with Gasteiger partial charge < -0.3 is 20.2 Å². The molecule has 0 saturated heterocycles. The average Bonchev–Trinajstić information content (AvgIpc) is 3.56. The SMILES string of the molecule is O=C(CNC(=O)Oc1sc(C2=NO[C@@](c3cc(Cl)c(F)c(Cl)c3)(C(F)(F)F)C2)c2c1CCC2)NCCF. The van der Waals surface area contributed by atoms with E-state index in [9.17, 15) is 31.5 Å². The fourth-order valence-electron chi connectivity index (χ4n) is 4.09. The molecule has 0 fully saturated rings. The Morgan fingerprint density at radius 3 is 2.49 bits per heavy atom. The van der Waals surface area contributed by atoms with Crippen molar-refractivity contribution in [2.24, 2.45) is 5.16 Å². The van der Waals surface area contributed by atoms with E-state index in [0.717, 1.165) is 23.5 Å². The molecular weight excluding hydrogens is 568 g/mol. The predicted octanol–water partition coefficient (Wildman–Crippen LogP) is 5.44. The molecule has 1 aliphatic heterocycles. The molecule has 1 aromatic heterocycles. The maximum atomic E-state index is 14.3. The van der Waals surface area contributed by atoms with Gasteiger partial charge >= 0.3 is 12.3 Å². The number of thiophene rings is 1. The van der Waals surface area contributed by atoms with Crippen LogP contribution in [0.5, 0.6) is 5.06 Å². The van der Waals surface area contributed by atoms with E-state index in [1.165, 1.54) is 0 Å². The number of fused-ring (bicyclic) bond motifs is 1. The normalized spacial score (nSPS) is 18.7. The van der Waals surface area contributed by atoms with E-state index in [1.54, 1.807) is 0 Å². The minimum absolute atomic E-state index is 0.0297. The van der Waals surface area contributed by atoms with Gasteiger partial charge in [0.2, 0.25) is 5.91 Å². The standard InChI is InChI=1S/C22H18Cl2F5N3O4S/c23-13-6-10(7-14(24)17(13)26)21(22(27,28)29)8-15(32-36-21)18-11-2-1-3-12(11)19(37-18)35-20(34)31-9-16(33)30-5-4-25/h6-7H,1-5,8-9H2,(H,30,33)(H,31,34)/t21-/m0/s1. The second-order valence-electron chi connectivity index (χ2n) is 8.20. The van der Waals surface area contributed by atoms with Crippen molar-refractivity contribution in [2.45, 2.75) is 37.5 Å². The molecule has 1 aromatic carbocycles. The van der Waals surface area contributed by atoms with Gasteiger partial charge in [-0.3, -0.25) is 4.79 Å². The van der Waals surface area contributed by atoms with Crippen LogP contribution >= 0.6 is 34.5 Å². The summed E-state index contributed by atoms with van der Waals surface area (Å²) >= 11 is 12.4. The van der Waals surface area contributed by atoms with Crippen LogP contribution < -0.4 is 15.4 Å². The first-order chi connectivity index (χ1) is 17.5. The number of benzene rings is 1. The Hall–Kier alpha value is -2.64. The molecule has 7 nitrogen and oxygen atoms in total. The first kappa shape index (κ1) is 27.4. The van der Waals surface area contributed by atoms with E-state index in [1.807, 2.05) is 0 Å². The van der Waals surface area contributed by atoms with Gasteiger partial charge in [0.05, 0.1) is 21.3 Å². The lowest BCUT2D eigenvalue weighted by molar-refractivity contribution is -0.275. The van der Waals surface area contributed by atoms with Crippen LogP contribution in [0.25, 0.3) is 0 Å². The number of carbonyl (C=O) groups excluding carboxylic acids is 2. The van der Waals surface area contributed by atoms with E-state index in [0.29, 0.717) is 35.3 Å². The van der Waals surface area contributed by atoms with Crippen LogP contribution in [0.1, 0.15) is 34.4 Å². The topological polar surface area (TPSA) is 89.0 Å². The van der Waals surface area contributed by atoms with Crippen LogP contribution in [0.15, 0.2) is 17.3 Å². The highest BCUT2D eigenvalue weighted by atomic mass is 35.5. The zero-order valence-corrected chi connectivity index (χ0v) is 21.1. The Labute approximate surface area is 220 Å². The Morgan fingerprint density at radius 2 is 1.84 bits per heavy atom. The highest BCUT2D eigenvalue weighted by Crippen LogP contribution is 2.52. The van der Waals surface area contributed by atoms with Crippen LogP contribution in [0.2, 0.25) is 10.0 Å². The van der Waals surface area contributed by atoms with Crippen molar-refractivity contribution in [3.05, 3.63) is 49.6 Å². The monoisotopic (exact) mass is 585 g/mol. The van der Waals surface area contributed by atoms with Crippen molar-refractivity contribution in [1.82, 2.24) is 10.6 Å². The summed E-state index contributed by atoms with van der Waals surface area (Å²) in [6.07, 6.45) is -4.95. The molecule has 0 bridgehead atoms. The molecule has 2 N–H and O–H groups in total. The highest BCUT2D eigenvalue weighted by molar-refractivity contribution is 7.16. The number of halogens is 7. The molecule has 37 heavy (non-hydrogen) atoms. The zero-order valence-electron chi connectivity index (χ0n) is 18.7. The summed E-state index contributed by atoms with van der Waals surface area (Å²) in [5, 5.41) is 7.16. The van der Waals surface area contributed by atoms with Gasteiger partial charge in [0.25, 0.3) is 5.60 Å². The fraction of sp³-hybridized carbons (Fsp3) is 0.409. The van der Waals surface area contributed by atoms with Gasteiger partial charge in [-0.25, -0.2) is 13.6 Å². The number of hydrogen-bond acceptors (Lipinski definition) is 6. The number of carbonyl (C=O) groups is 2. The van der Waals surface area contributed by atoms with E-state index >= 15 is 0 Å². The third-order valence-electron chi connectivity index (χ3n) is 5.83.